The smallest absolute Gasteiger partial charge is 0.491 e. The molecule has 2 aromatic carbocycles. The van der Waals surface area contributed by atoms with E-state index in [0.717, 1.165) is 39.3 Å². The predicted molar refractivity (Wildman–Crippen MR) is 130 cm³/mol. The second-order valence-corrected chi connectivity index (χ2v) is 8.64. The predicted octanol–water partition coefficient (Wildman–Crippen LogP) is 4.72. The number of pyridine rings is 1. The highest BCUT2D eigenvalue weighted by molar-refractivity contribution is 5.80. The first-order valence-electron chi connectivity index (χ1n) is 11.7. The van der Waals surface area contributed by atoms with Gasteiger partial charge in [0.25, 0.3) is 0 Å². The Morgan fingerprint density at radius 1 is 0.889 bits per heavy atom. The van der Waals surface area contributed by atoms with Crippen LogP contribution in [-0.2, 0) is 6.54 Å². The van der Waals surface area contributed by atoms with E-state index in [1.54, 1.807) is 12.3 Å². The molecule has 7 nitrogen and oxygen atoms in total. The van der Waals surface area contributed by atoms with Crippen molar-refractivity contribution < 1.29 is 22.6 Å². The number of halogens is 3. The number of aromatic nitrogens is 3. The maximum Gasteiger partial charge on any atom is 0.573 e. The first-order chi connectivity index (χ1) is 17.4. The molecule has 1 aliphatic heterocycles. The zero-order valence-corrected chi connectivity index (χ0v) is 19.5. The molecule has 1 saturated heterocycles. The van der Waals surface area contributed by atoms with Crippen LogP contribution in [0.2, 0.25) is 0 Å². The summed E-state index contributed by atoms with van der Waals surface area (Å²) >= 11 is 0. The monoisotopic (exact) mass is 497 g/mol. The Labute approximate surface area is 206 Å². The highest BCUT2D eigenvalue weighted by Gasteiger charge is 2.31. The van der Waals surface area contributed by atoms with E-state index in [2.05, 4.69) is 53.8 Å². The summed E-state index contributed by atoms with van der Waals surface area (Å²) in [6.45, 7) is 6.47. The van der Waals surface area contributed by atoms with Crippen LogP contribution >= 0.6 is 0 Å². The van der Waals surface area contributed by atoms with Crippen molar-refractivity contribution in [3.63, 3.8) is 0 Å². The van der Waals surface area contributed by atoms with Gasteiger partial charge in [0, 0.05) is 45.3 Å². The largest absolute Gasteiger partial charge is 0.573 e. The molecule has 2 aromatic heterocycles. The van der Waals surface area contributed by atoms with E-state index in [9.17, 15) is 13.2 Å². The molecule has 3 heterocycles. The van der Waals surface area contributed by atoms with Crippen molar-refractivity contribution in [2.75, 3.05) is 39.3 Å². The highest BCUT2D eigenvalue weighted by atomic mass is 19.4. The maximum atomic E-state index is 12.5. The topological polar surface area (TPSA) is 66.5 Å². The highest BCUT2D eigenvalue weighted by Crippen LogP contribution is 2.27. The summed E-state index contributed by atoms with van der Waals surface area (Å²) < 4.78 is 47.2. The second kappa shape index (κ2) is 10.5. The summed E-state index contributed by atoms with van der Waals surface area (Å²) in [6.07, 6.45) is -3.13. The minimum Gasteiger partial charge on any atom is -0.491 e. The van der Waals surface area contributed by atoms with Crippen LogP contribution < -0.4 is 9.47 Å². The van der Waals surface area contributed by atoms with Gasteiger partial charge < -0.3 is 14.5 Å². The van der Waals surface area contributed by atoms with Gasteiger partial charge in [-0.3, -0.25) is 9.80 Å². The molecular formula is C26H26F3N5O2. The lowest BCUT2D eigenvalue weighted by Crippen LogP contribution is -2.47. The number of nitrogens with one attached hydrogen (secondary N) is 1. The summed E-state index contributed by atoms with van der Waals surface area (Å²) in [5, 5.41) is 0. The molecule has 0 atom stereocenters. The minimum absolute atomic E-state index is 0.317. The SMILES string of the molecule is FC(F)(F)Oc1ccc2[nH]c(-c3ccc(OCCN4CCN(Cc5ccccc5)CC4)cn3)nc2c1. The Hall–Kier alpha value is -3.63. The number of rotatable bonds is 8. The maximum absolute atomic E-state index is 12.5. The van der Waals surface area contributed by atoms with Gasteiger partial charge in [0.2, 0.25) is 0 Å². The third-order valence-corrected chi connectivity index (χ3v) is 6.06. The fourth-order valence-electron chi connectivity index (χ4n) is 4.22. The summed E-state index contributed by atoms with van der Waals surface area (Å²) in [7, 11) is 0. The van der Waals surface area contributed by atoms with Crippen LogP contribution in [-0.4, -0.2) is 70.4 Å². The average molecular weight is 498 g/mol. The molecule has 0 amide bonds. The quantitative estimate of drug-likeness (QED) is 0.380. The van der Waals surface area contributed by atoms with Crippen LogP contribution in [0.15, 0.2) is 66.9 Å². The molecule has 1 N–H and O–H groups in total. The zero-order valence-electron chi connectivity index (χ0n) is 19.5. The Kier molecular flexibility index (Phi) is 7.06. The van der Waals surface area contributed by atoms with Gasteiger partial charge in [0.05, 0.1) is 17.2 Å². The van der Waals surface area contributed by atoms with Gasteiger partial charge in [-0.25, -0.2) is 9.97 Å². The molecule has 36 heavy (non-hydrogen) atoms. The standard InChI is InChI=1S/C26H26F3N5O2/c27-26(28,29)36-20-6-8-22-24(16-20)32-25(31-22)23-9-7-21(17-30-23)35-15-14-33-10-12-34(13-11-33)18-19-4-2-1-3-5-19/h1-9,16-17H,10-15,18H2,(H,31,32). The van der Waals surface area contributed by atoms with E-state index < -0.39 is 6.36 Å². The molecule has 188 valence electrons. The molecule has 1 aliphatic rings. The first kappa shape index (κ1) is 24.1. The lowest BCUT2D eigenvalue weighted by atomic mass is 10.2. The number of nitrogens with zero attached hydrogens (tertiary/aromatic N) is 4. The van der Waals surface area contributed by atoms with Crippen molar-refractivity contribution in [2.45, 2.75) is 12.9 Å². The second-order valence-electron chi connectivity index (χ2n) is 8.64. The van der Waals surface area contributed by atoms with Crippen molar-refractivity contribution >= 4 is 11.0 Å². The number of piperazine rings is 1. The third kappa shape index (κ3) is 6.32. The van der Waals surface area contributed by atoms with Crippen molar-refractivity contribution in [3.8, 4) is 23.0 Å². The van der Waals surface area contributed by atoms with Crippen molar-refractivity contribution in [1.29, 1.82) is 0 Å². The van der Waals surface area contributed by atoms with E-state index in [1.807, 2.05) is 12.1 Å². The van der Waals surface area contributed by atoms with E-state index >= 15 is 0 Å². The number of fused-ring (bicyclic) bond motifs is 1. The Bertz CT molecular complexity index is 1270. The summed E-state index contributed by atoms with van der Waals surface area (Å²) in [6, 6.07) is 18.1. The number of aromatic amines is 1. The lowest BCUT2D eigenvalue weighted by molar-refractivity contribution is -0.274. The fourth-order valence-corrected chi connectivity index (χ4v) is 4.22. The molecule has 5 rings (SSSR count). The molecule has 0 aliphatic carbocycles. The fraction of sp³-hybridized carbons (Fsp3) is 0.308. The Morgan fingerprint density at radius 3 is 2.36 bits per heavy atom. The summed E-state index contributed by atoms with van der Waals surface area (Å²) in [5.41, 5.74) is 2.85. The van der Waals surface area contributed by atoms with E-state index in [-0.39, 0.29) is 5.75 Å². The normalized spacial score (nSPS) is 15.3. The van der Waals surface area contributed by atoms with E-state index in [0.29, 0.717) is 34.9 Å². The third-order valence-electron chi connectivity index (χ3n) is 6.06. The van der Waals surface area contributed by atoms with Crippen LogP contribution in [0.4, 0.5) is 13.2 Å². The molecule has 0 unspecified atom stereocenters. The Morgan fingerprint density at radius 2 is 1.64 bits per heavy atom. The number of hydrogen-bond acceptors (Lipinski definition) is 6. The van der Waals surface area contributed by atoms with Crippen LogP contribution in [0.5, 0.6) is 11.5 Å². The molecule has 0 radical (unpaired) electrons. The Balaban J connectivity index is 1.09. The average Bonchev–Trinajstić information content (AvgIpc) is 3.29. The number of imidazole rings is 1. The van der Waals surface area contributed by atoms with Gasteiger partial charge in [-0.05, 0) is 29.8 Å². The zero-order chi connectivity index (χ0) is 25.0. The molecule has 0 bridgehead atoms. The van der Waals surface area contributed by atoms with Gasteiger partial charge in [0.15, 0.2) is 5.82 Å². The molecule has 0 spiro atoms. The molecule has 1 fully saturated rings. The summed E-state index contributed by atoms with van der Waals surface area (Å²) in [4.78, 5) is 16.7. The van der Waals surface area contributed by atoms with Gasteiger partial charge in [-0.15, -0.1) is 13.2 Å². The van der Waals surface area contributed by atoms with Crippen molar-refractivity contribution in [1.82, 2.24) is 24.8 Å². The van der Waals surface area contributed by atoms with Crippen molar-refractivity contribution in [2.24, 2.45) is 0 Å². The number of H-pyrrole nitrogens is 1. The number of hydrogen-bond donors (Lipinski definition) is 1. The summed E-state index contributed by atoms with van der Waals surface area (Å²) in [5.74, 6) is 0.787. The van der Waals surface area contributed by atoms with Crippen molar-refractivity contribution in [3.05, 3.63) is 72.4 Å². The van der Waals surface area contributed by atoms with Crippen LogP contribution in [0.3, 0.4) is 0 Å². The number of benzene rings is 2. The minimum atomic E-state index is -4.75. The van der Waals surface area contributed by atoms with Gasteiger partial charge in [-0.2, -0.15) is 0 Å². The molecular weight excluding hydrogens is 471 g/mol. The van der Waals surface area contributed by atoms with Gasteiger partial charge in [0.1, 0.15) is 23.8 Å². The molecule has 0 saturated carbocycles. The number of ether oxygens (including phenoxy) is 2. The van der Waals surface area contributed by atoms with Gasteiger partial charge >= 0.3 is 6.36 Å². The van der Waals surface area contributed by atoms with Crippen LogP contribution in [0.1, 0.15) is 5.56 Å². The van der Waals surface area contributed by atoms with E-state index in [4.69, 9.17) is 4.74 Å². The number of alkyl halides is 3. The van der Waals surface area contributed by atoms with Gasteiger partial charge in [-0.1, -0.05) is 30.3 Å². The first-order valence-corrected chi connectivity index (χ1v) is 11.7. The van der Waals surface area contributed by atoms with Crippen LogP contribution in [0, 0.1) is 0 Å². The molecule has 4 aromatic rings. The van der Waals surface area contributed by atoms with Crippen LogP contribution in [0.25, 0.3) is 22.6 Å². The molecule has 10 heteroatoms. The lowest BCUT2D eigenvalue weighted by Gasteiger charge is -2.34. The van der Waals surface area contributed by atoms with E-state index in [1.165, 1.54) is 23.8 Å².